The maximum absolute atomic E-state index is 15.0. The van der Waals surface area contributed by atoms with Crippen LogP contribution in [0.3, 0.4) is 0 Å². The average Bonchev–Trinajstić information content (AvgIpc) is 1.23. The number of carbonyl (C=O) groups is 6. The number of rotatable bonds is 26. The summed E-state index contributed by atoms with van der Waals surface area (Å²) in [6.07, 6.45) is -8.76. The topological polar surface area (TPSA) is 347 Å². The Morgan fingerprint density at radius 2 is 0.789 bits per heavy atom. The molecule has 0 radical (unpaired) electrons. The van der Waals surface area contributed by atoms with E-state index in [2.05, 4.69) is 55.4 Å². The first-order valence-electron chi connectivity index (χ1n) is 45.6. The summed E-state index contributed by atoms with van der Waals surface area (Å²) in [4.78, 5) is 98.2. The summed E-state index contributed by atoms with van der Waals surface area (Å²) in [6, 6.07) is 39.9. The lowest BCUT2D eigenvalue weighted by Crippen LogP contribution is -2.54. The fourth-order valence-corrected chi connectivity index (χ4v) is 22.1. The van der Waals surface area contributed by atoms with Crippen LogP contribution in [-0.4, -0.2) is 196 Å². The second kappa shape index (κ2) is 42.8. The molecule has 6 atom stereocenters. The number of fused-ring (bicyclic) bond motifs is 3. The number of aromatic nitrogens is 6. The molecule has 5 amide bonds. The van der Waals surface area contributed by atoms with Crippen molar-refractivity contribution in [3.8, 4) is 17.2 Å². The number of carboxylic acid groups (broad SMARTS) is 1. The van der Waals surface area contributed by atoms with Crippen LogP contribution in [0.2, 0.25) is 0 Å². The smallest absolute Gasteiger partial charge is 0.387 e. The molecule has 9 heterocycles. The number of aromatic amines is 1. The molecule has 44 heteroatoms. The van der Waals surface area contributed by atoms with E-state index in [9.17, 15) is 117 Å². The van der Waals surface area contributed by atoms with E-state index in [0.717, 1.165) is 32.1 Å². The van der Waals surface area contributed by atoms with Gasteiger partial charge in [0.15, 0.2) is 0 Å². The summed E-state index contributed by atoms with van der Waals surface area (Å²) >= 11 is 0. The Bertz CT molecular complexity index is 6640. The van der Waals surface area contributed by atoms with Crippen LogP contribution in [0.15, 0.2) is 186 Å². The summed E-state index contributed by atoms with van der Waals surface area (Å²) in [7, 11) is -6.24. The highest BCUT2D eigenvalue weighted by atomic mass is 32.2. The average molecular weight is 2040 g/mol. The van der Waals surface area contributed by atoms with Crippen molar-refractivity contribution >= 4 is 106 Å². The van der Waals surface area contributed by atoms with Crippen molar-refractivity contribution in [2.24, 2.45) is 0 Å². The summed E-state index contributed by atoms with van der Waals surface area (Å²) in [5, 5.41) is 20.2. The zero-order valence-electron chi connectivity index (χ0n) is 77.1. The molecule has 3 aliphatic carbocycles. The molecule has 0 unspecified atom stereocenters. The Kier molecular flexibility index (Phi) is 31.6. The van der Waals surface area contributed by atoms with Gasteiger partial charge in [0.2, 0.25) is 47.3 Å². The summed E-state index contributed by atoms with van der Waals surface area (Å²) in [5.74, 6) is -13.1. The van der Waals surface area contributed by atoms with E-state index in [1.807, 2.05) is 20.8 Å². The first kappa shape index (κ1) is 105. The molecule has 3 saturated heterocycles. The predicted octanol–water partition coefficient (Wildman–Crippen LogP) is 18.7. The minimum Gasteiger partial charge on any atom is -0.481 e. The van der Waals surface area contributed by atoms with E-state index in [1.165, 1.54) is 105 Å². The van der Waals surface area contributed by atoms with Crippen molar-refractivity contribution < 1.29 is 136 Å². The fourth-order valence-electron chi connectivity index (χ4n) is 18.9. The number of methoxy groups -OCH3 is 1. The van der Waals surface area contributed by atoms with E-state index in [-0.39, 0.29) is 132 Å². The maximum Gasteiger partial charge on any atom is 0.387 e. The molecule has 27 nitrogen and oxygen atoms in total. The number of likely N-dealkylation sites (tertiary alicyclic amines) is 2. The van der Waals surface area contributed by atoms with Crippen molar-refractivity contribution in [1.29, 1.82) is 0 Å². The lowest BCUT2D eigenvalue weighted by Gasteiger charge is -2.42. The number of pyridine rings is 3. The molecular weight excluding hydrogens is 1930 g/mol. The number of halogens is 15. The summed E-state index contributed by atoms with van der Waals surface area (Å²) in [6.45, 7) is -2.06. The standard InChI is InChI=1S/C35H35F5N4O5S.C28H29F5N4O4.C21H23FN4O3S.C14H14F4O3/c1-3-24-19-27-28(44(24)50(47,48)26-10-4-21(2)5-11-26)12-13-30(41-27)42-31(45)29-18-23(36)20-43(29)32(46)34(14-16-35(39,40)17-15-34)22-6-8-25(9-7-22)49-33(37)38;1-40-15-18-13-21-20(34-18)6-7-23(35-21)36-24(38)22-12-17(29)14-37(22)25(39)27(8-10-28(32,33)11-9-27)16-2-4-19(5-3-16)41-26(30)31;1-3-15-11-17-19(26(15)30(28,29)16-6-4-13(2)5-7-16)8-9-20(24-17)25-21(27)18-10-14(22)12-23-18;15-12(16)21-10-3-1-9(2-4-10)13(11(19)20)5-7-14(17,18)8-6-13/h4-13,19,23,29,33H,3,14-18,20H2,1-2H3,(H,41,42,45);2-7,13,17,22,26,34H,8-12,14-15H2,1H3,(H,35,36,38);4-9,11,14,18,23H,3,10,12H2,1-2H3,(H,24,25,27);1-4,12H,5-8H2,(H,19,20)/t23-,29-;17-,22-;14-,18-;/m111./s1. The number of anilines is 3. The Morgan fingerprint density at radius 3 is 1.13 bits per heavy atom. The second-order valence-electron chi connectivity index (χ2n) is 35.9. The number of alkyl halides is 15. The Hall–Kier alpha value is -12.8. The molecule has 6 aromatic heterocycles. The van der Waals surface area contributed by atoms with Gasteiger partial charge in [0.25, 0.3) is 20.0 Å². The van der Waals surface area contributed by atoms with Crippen LogP contribution in [-0.2, 0) is 89.2 Å². The van der Waals surface area contributed by atoms with Gasteiger partial charge in [-0.3, -0.25) is 28.8 Å². The van der Waals surface area contributed by atoms with Crippen molar-refractivity contribution in [3.63, 3.8) is 0 Å². The van der Waals surface area contributed by atoms with Gasteiger partial charge in [0, 0.05) is 88.5 Å². The third-order valence-electron chi connectivity index (χ3n) is 26.4. The van der Waals surface area contributed by atoms with Crippen LogP contribution in [0, 0.1) is 13.8 Å². The van der Waals surface area contributed by atoms with Crippen LogP contribution in [0.5, 0.6) is 17.2 Å². The van der Waals surface area contributed by atoms with Gasteiger partial charge >= 0.3 is 25.8 Å². The van der Waals surface area contributed by atoms with Crippen LogP contribution in [0.4, 0.5) is 83.3 Å². The van der Waals surface area contributed by atoms with E-state index < -0.39 is 185 Å². The predicted molar refractivity (Wildman–Crippen MR) is 492 cm³/mol. The van der Waals surface area contributed by atoms with Gasteiger partial charge in [0.05, 0.1) is 84.9 Å². The number of carbonyl (C=O) groups excluding carboxylic acids is 5. The molecule has 0 spiro atoms. The molecule has 11 aromatic rings. The highest BCUT2D eigenvalue weighted by Gasteiger charge is 2.57. The van der Waals surface area contributed by atoms with Gasteiger partial charge in [-0.15, -0.1) is 0 Å². The highest BCUT2D eigenvalue weighted by molar-refractivity contribution is 7.90. The summed E-state index contributed by atoms with van der Waals surface area (Å²) < 4.78 is 276. The number of hydrogen-bond donors (Lipinski definition) is 6. The third kappa shape index (κ3) is 23.4. The van der Waals surface area contributed by atoms with Gasteiger partial charge in [-0.05, 0) is 197 Å². The van der Waals surface area contributed by atoms with Gasteiger partial charge in [-0.25, -0.2) is 79.2 Å². The minimum absolute atomic E-state index is 0.0337. The van der Waals surface area contributed by atoms with E-state index in [0.29, 0.717) is 64.3 Å². The maximum atomic E-state index is 15.0. The number of nitrogens with one attached hydrogen (secondary N) is 5. The van der Waals surface area contributed by atoms with Crippen LogP contribution >= 0.6 is 0 Å². The first-order valence-corrected chi connectivity index (χ1v) is 48.4. The van der Waals surface area contributed by atoms with E-state index in [1.54, 1.807) is 92.9 Å². The van der Waals surface area contributed by atoms with Crippen molar-refractivity contribution in [2.45, 2.75) is 244 Å². The van der Waals surface area contributed by atoms with Gasteiger partial charge in [0.1, 0.15) is 65.3 Å². The second-order valence-corrected chi connectivity index (χ2v) is 39.5. The molecule has 3 saturated carbocycles. The van der Waals surface area contributed by atoms with E-state index in [4.69, 9.17) is 4.74 Å². The first-order chi connectivity index (χ1) is 67.2. The molecule has 5 aromatic carbocycles. The SMILES string of the molecule is CCc1cc2nc(NC(=O)[C@H]3C[C@@H](F)CN3)ccc2n1S(=O)(=O)c1ccc(C)cc1.CCc1cc2nc(NC(=O)[C@H]3C[C@@H](F)CN3C(=O)C3(c4ccc(OC(F)F)cc4)CCC(F)(F)CC3)ccc2n1S(=O)(=O)c1ccc(C)cc1.COCc1cc2nc(NC(=O)[C@H]3C[C@@H](F)CN3C(=O)C3(c4ccc(OC(F)F)cc4)CCC(F)(F)CC3)ccc2[nH]1.O=C(O)C1(c2ccc(OC(F)F)cc2)CCC(F)(F)CC1. The third-order valence-corrected chi connectivity index (χ3v) is 30.0. The Labute approximate surface area is 805 Å². The van der Waals surface area contributed by atoms with Gasteiger partial charge in [-0.1, -0.05) is 85.6 Å². The molecule has 17 rings (SSSR count). The number of benzene rings is 5. The molecule has 0 bridgehead atoms. The van der Waals surface area contributed by atoms with Gasteiger partial charge < -0.3 is 60.1 Å². The number of amides is 5. The van der Waals surface area contributed by atoms with E-state index >= 15 is 0 Å². The number of nitrogens with zero attached hydrogens (tertiary/aromatic N) is 7. The van der Waals surface area contributed by atoms with Crippen LogP contribution < -0.4 is 35.5 Å². The summed E-state index contributed by atoms with van der Waals surface area (Å²) in [5.41, 5.74) is 2.91. The Morgan fingerprint density at radius 1 is 0.444 bits per heavy atom. The zero-order chi connectivity index (χ0) is 103. The molecular formula is C98H101F15N12O15S2. The molecule has 3 aliphatic heterocycles. The highest BCUT2D eigenvalue weighted by Crippen LogP contribution is 2.52. The zero-order valence-corrected chi connectivity index (χ0v) is 78.7. The lowest BCUT2D eigenvalue weighted by atomic mass is 9.67. The van der Waals surface area contributed by atoms with Gasteiger partial charge in [-0.2, -0.15) is 26.3 Å². The number of aliphatic carboxylic acids is 1. The fraction of sp³-hybridized carbons (Fsp3) is 0.418. The molecule has 6 aliphatic rings. The van der Waals surface area contributed by atoms with Crippen molar-refractivity contribution in [1.82, 2.24) is 43.0 Å². The minimum atomic E-state index is -3.99. The van der Waals surface area contributed by atoms with Crippen molar-refractivity contribution in [3.05, 3.63) is 221 Å². The largest absolute Gasteiger partial charge is 0.481 e. The quantitative estimate of drug-likeness (QED) is 0.0274. The monoisotopic (exact) mass is 2030 g/mol. The Balaban J connectivity index is 0.000000157. The number of carboxylic acids is 1. The number of ether oxygens (including phenoxy) is 4. The molecule has 6 fully saturated rings. The lowest BCUT2D eigenvalue weighted by molar-refractivity contribution is -0.149. The molecule has 6 N–H and O–H groups in total. The number of H-pyrrole nitrogens is 1. The molecule has 760 valence electrons. The normalized spacial score (nSPS) is 20.5. The van der Waals surface area contributed by atoms with Crippen LogP contribution in [0.25, 0.3) is 33.1 Å². The number of aryl methyl sites for hydroxylation is 4. The van der Waals surface area contributed by atoms with Crippen molar-refractivity contribution in [2.75, 3.05) is 42.7 Å². The van der Waals surface area contributed by atoms with Crippen LogP contribution in [0.1, 0.15) is 155 Å². The number of hydrogen-bond acceptors (Lipinski definition) is 18. The molecule has 142 heavy (non-hydrogen) atoms.